The van der Waals surface area contributed by atoms with E-state index >= 15 is 0 Å². The van der Waals surface area contributed by atoms with Gasteiger partial charge in [-0.3, -0.25) is 14.2 Å². The standard InChI is InChI=1S/C25H25N3O3S/c1-15(2)31-20-11-9-19(10-12-20)27-21(29)13-28-14-26-24-23(25(28)30)22(17(4)32-24)18-7-5-16(3)6-8-18/h5-12,14-15H,13H2,1-4H3,(H,27,29). The molecule has 7 heteroatoms. The molecule has 0 fully saturated rings. The van der Waals surface area contributed by atoms with Crippen molar-refractivity contribution in [2.45, 2.75) is 40.3 Å². The zero-order chi connectivity index (χ0) is 22.8. The van der Waals surface area contributed by atoms with Gasteiger partial charge >= 0.3 is 0 Å². The number of fused-ring (bicyclic) bond motifs is 1. The van der Waals surface area contributed by atoms with Gasteiger partial charge in [-0.2, -0.15) is 0 Å². The first-order chi connectivity index (χ1) is 15.3. The molecule has 0 aliphatic carbocycles. The fourth-order valence-corrected chi connectivity index (χ4v) is 4.57. The van der Waals surface area contributed by atoms with Crippen LogP contribution in [0, 0.1) is 13.8 Å². The average Bonchev–Trinajstić information content (AvgIpc) is 3.08. The van der Waals surface area contributed by atoms with Crippen LogP contribution in [0.1, 0.15) is 24.3 Å². The number of ether oxygens (including phenoxy) is 1. The van der Waals surface area contributed by atoms with E-state index in [4.69, 9.17) is 4.74 Å². The number of thiophene rings is 1. The quantitative estimate of drug-likeness (QED) is 0.443. The summed E-state index contributed by atoms with van der Waals surface area (Å²) in [7, 11) is 0. The van der Waals surface area contributed by atoms with Gasteiger partial charge in [-0.25, -0.2) is 4.98 Å². The third-order valence-electron chi connectivity index (χ3n) is 5.02. The minimum atomic E-state index is -0.297. The maximum atomic E-state index is 13.3. The summed E-state index contributed by atoms with van der Waals surface area (Å²) in [5.74, 6) is 0.440. The van der Waals surface area contributed by atoms with E-state index in [2.05, 4.69) is 10.3 Å². The van der Waals surface area contributed by atoms with Crippen molar-refractivity contribution in [2.24, 2.45) is 0 Å². The van der Waals surface area contributed by atoms with Gasteiger partial charge in [0.15, 0.2) is 0 Å². The number of aromatic nitrogens is 2. The smallest absolute Gasteiger partial charge is 0.263 e. The van der Waals surface area contributed by atoms with Crippen molar-refractivity contribution >= 4 is 33.1 Å². The van der Waals surface area contributed by atoms with Crippen molar-refractivity contribution in [3.63, 3.8) is 0 Å². The van der Waals surface area contributed by atoms with Crippen LogP contribution in [0.3, 0.4) is 0 Å². The number of hydrogen-bond donors (Lipinski definition) is 1. The summed E-state index contributed by atoms with van der Waals surface area (Å²) in [6.07, 6.45) is 1.52. The van der Waals surface area contributed by atoms with E-state index in [0.29, 0.717) is 15.9 Å². The number of aryl methyl sites for hydroxylation is 2. The highest BCUT2D eigenvalue weighted by Crippen LogP contribution is 2.35. The van der Waals surface area contributed by atoms with Gasteiger partial charge in [0.1, 0.15) is 17.1 Å². The monoisotopic (exact) mass is 447 g/mol. The van der Waals surface area contributed by atoms with Crippen molar-refractivity contribution < 1.29 is 9.53 Å². The largest absolute Gasteiger partial charge is 0.491 e. The first kappa shape index (κ1) is 21.8. The van der Waals surface area contributed by atoms with Crippen molar-refractivity contribution in [3.8, 4) is 16.9 Å². The third-order valence-corrected chi connectivity index (χ3v) is 6.03. The Morgan fingerprint density at radius 2 is 1.78 bits per heavy atom. The molecule has 2 aromatic carbocycles. The normalized spacial score (nSPS) is 11.2. The fourth-order valence-electron chi connectivity index (χ4n) is 3.56. The number of carbonyl (C=O) groups is 1. The van der Waals surface area contributed by atoms with Crippen molar-refractivity contribution in [3.05, 3.63) is 75.7 Å². The zero-order valence-corrected chi connectivity index (χ0v) is 19.3. The molecule has 0 aliphatic rings. The number of hydrogen-bond acceptors (Lipinski definition) is 5. The number of rotatable bonds is 6. The van der Waals surface area contributed by atoms with Gasteiger partial charge in [0.05, 0.1) is 17.8 Å². The molecular weight excluding hydrogens is 422 g/mol. The summed E-state index contributed by atoms with van der Waals surface area (Å²) in [6, 6.07) is 15.2. The maximum absolute atomic E-state index is 13.3. The highest BCUT2D eigenvalue weighted by Gasteiger charge is 2.18. The number of nitrogens with zero attached hydrogens (tertiary/aromatic N) is 2. The molecular formula is C25H25N3O3S. The molecule has 0 unspecified atom stereocenters. The molecule has 4 rings (SSSR count). The van der Waals surface area contributed by atoms with Gasteiger partial charge in [0.2, 0.25) is 5.91 Å². The second-order valence-electron chi connectivity index (χ2n) is 8.00. The molecule has 1 N–H and O–H groups in total. The predicted molar refractivity (Wildman–Crippen MR) is 130 cm³/mol. The molecule has 32 heavy (non-hydrogen) atoms. The lowest BCUT2D eigenvalue weighted by molar-refractivity contribution is -0.116. The number of amides is 1. The summed E-state index contributed by atoms with van der Waals surface area (Å²) >= 11 is 1.49. The Hall–Kier alpha value is -3.45. The van der Waals surface area contributed by atoms with Gasteiger partial charge in [-0.15, -0.1) is 11.3 Å². The van der Waals surface area contributed by atoms with Crippen LogP contribution in [-0.4, -0.2) is 21.6 Å². The summed E-state index contributed by atoms with van der Waals surface area (Å²) in [6.45, 7) is 7.81. The van der Waals surface area contributed by atoms with Crippen LogP contribution in [0.4, 0.5) is 5.69 Å². The number of nitrogens with one attached hydrogen (secondary N) is 1. The van der Waals surface area contributed by atoms with Crippen molar-refractivity contribution in [2.75, 3.05) is 5.32 Å². The zero-order valence-electron chi connectivity index (χ0n) is 18.5. The summed E-state index contributed by atoms with van der Waals surface area (Å²) in [4.78, 5) is 32.0. The topological polar surface area (TPSA) is 73.2 Å². The fraction of sp³-hybridized carbons (Fsp3) is 0.240. The summed E-state index contributed by atoms with van der Waals surface area (Å²) in [5.41, 5.74) is 3.44. The first-order valence-corrected chi connectivity index (χ1v) is 11.3. The minimum Gasteiger partial charge on any atom is -0.491 e. The van der Waals surface area contributed by atoms with Crippen LogP contribution < -0.4 is 15.6 Å². The molecule has 0 bridgehead atoms. The lowest BCUT2D eigenvalue weighted by Crippen LogP contribution is -2.27. The Labute approximate surface area is 190 Å². The lowest BCUT2D eigenvalue weighted by Gasteiger charge is -2.11. The van der Waals surface area contributed by atoms with E-state index in [9.17, 15) is 9.59 Å². The van der Waals surface area contributed by atoms with Crippen LogP contribution in [-0.2, 0) is 11.3 Å². The molecule has 2 aromatic heterocycles. The number of carbonyl (C=O) groups excluding carboxylic acids is 1. The second kappa shape index (κ2) is 8.96. The van der Waals surface area contributed by atoms with Gasteiger partial charge in [0.25, 0.3) is 5.56 Å². The Balaban J connectivity index is 1.59. The Morgan fingerprint density at radius 1 is 1.09 bits per heavy atom. The number of benzene rings is 2. The van der Waals surface area contributed by atoms with Crippen LogP contribution in [0.2, 0.25) is 0 Å². The van der Waals surface area contributed by atoms with Crippen molar-refractivity contribution in [1.29, 1.82) is 0 Å². The highest BCUT2D eigenvalue weighted by molar-refractivity contribution is 7.19. The van der Waals surface area contributed by atoms with E-state index in [-0.39, 0.29) is 24.1 Å². The van der Waals surface area contributed by atoms with E-state index in [1.807, 2.05) is 52.0 Å². The third kappa shape index (κ3) is 4.57. The minimum absolute atomic E-state index is 0.0790. The Morgan fingerprint density at radius 3 is 2.44 bits per heavy atom. The molecule has 2 heterocycles. The van der Waals surface area contributed by atoms with Gasteiger partial charge in [0, 0.05) is 16.1 Å². The molecule has 0 aliphatic heterocycles. The van der Waals surface area contributed by atoms with E-state index in [1.54, 1.807) is 24.3 Å². The maximum Gasteiger partial charge on any atom is 0.263 e. The van der Waals surface area contributed by atoms with E-state index in [0.717, 1.165) is 27.3 Å². The van der Waals surface area contributed by atoms with Gasteiger partial charge in [-0.05, 0) is 57.5 Å². The molecule has 0 saturated carbocycles. The van der Waals surface area contributed by atoms with Crippen LogP contribution in [0.25, 0.3) is 21.3 Å². The molecule has 1 amide bonds. The summed E-state index contributed by atoms with van der Waals surface area (Å²) < 4.78 is 6.98. The summed E-state index contributed by atoms with van der Waals surface area (Å²) in [5, 5.41) is 3.38. The number of anilines is 1. The van der Waals surface area contributed by atoms with E-state index in [1.165, 1.54) is 22.2 Å². The highest BCUT2D eigenvalue weighted by atomic mass is 32.1. The second-order valence-corrected chi connectivity index (χ2v) is 9.20. The SMILES string of the molecule is Cc1ccc(-c2c(C)sc3ncn(CC(=O)Nc4ccc(OC(C)C)cc4)c(=O)c23)cc1. The molecule has 0 radical (unpaired) electrons. The molecule has 0 spiro atoms. The molecule has 4 aromatic rings. The van der Waals surface area contributed by atoms with E-state index < -0.39 is 0 Å². The van der Waals surface area contributed by atoms with Crippen molar-refractivity contribution in [1.82, 2.24) is 9.55 Å². The lowest BCUT2D eigenvalue weighted by atomic mass is 10.0. The molecule has 164 valence electrons. The molecule has 0 atom stereocenters. The Kier molecular flexibility index (Phi) is 6.10. The average molecular weight is 448 g/mol. The molecule has 6 nitrogen and oxygen atoms in total. The molecule has 0 saturated heterocycles. The van der Waals surface area contributed by atoms with Gasteiger partial charge in [-0.1, -0.05) is 29.8 Å². The van der Waals surface area contributed by atoms with Crippen LogP contribution >= 0.6 is 11.3 Å². The predicted octanol–water partition coefficient (Wildman–Crippen LogP) is 5.17. The van der Waals surface area contributed by atoms with Gasteiger partial charge < -0.3 is 10.1 Å². The Bertz CT molecular complexity index is 1320. The van der Waals surface area contributed by atoms with Crippen LogP contribution in [0.15, 0.2) is 59.7 Å². The van der Waals surface area contributed by atoms with Crippen LogP contribution in [0.5, 0.6) is 5.75 Å². The first-order valence-electron chi connectivity index (χ1n) is 10.4.